The second-order valence-corrected chi connectivity index (χ2v) is 15.2. The minimum absolute atomic E-state index is 0. The summed E-state index contributed by atoms with van der Waals surface area (Å²) < 4.78 is 2.25. The molecule has 0 bridgehead atoms. The first-order valence-electron chi connectivity index (χ1n) is 18.7. The van der Waals surface area contributed by atoms with Gasteiger partial charge < -0.3 is 39.3 Å². The Morgan fingerprint density at radius 2 is 0.395 bits per heavy atom. The Bertz CT molecular complexity index is 422. The van der Waals surface area contributed by atoms with Crippen molar-refractivity contribution in [2.75, 3.05) is 55.4 Å². The first-order valence-corrected chi connectivity index (χ1v) is 18.7. The minimum atomic E-state index is 0. The normalized spacial score (nSPS) is 11.2. The van der Waals surface area contributed by atoms with Gasteiger partial charge in [-0.25, -0.2) is 0 Å². The molecule has 0 aromatic heterocycles. The third-order valence-corrected chi connectivity index (χ3v) is 8.36. The molecule has 0 amide bonds. The molecule has 268 valence electrons. The van der Waals surface area contributed by atoms with Gasteiger partial charge in [0.2, 0.25) is 0 Å². The number of quaternary nitrogens is 2. The van der Waals surface area contributed by atoms with Crippen LogP contribution in [0.4, 0.5) is 0 Å². The van der Waals surface area contributed by atoms with E-state index in [9.17, 15) is 0 Å². The van der Waals surface area contributed by atoms with Crippen LogP contribution >= 0.6 is 0 Å². The first-order chi connectivity index (χ1) is 19.1. The van der Waals surface area contributed by atoms with Gasteiger partial charge in [0.25, 0.3) is 0 Å². The number of halogens is 2. The molecule has 3 nitrogen and oxygen atoms in total. The van der Waals surface area contributed by atoms with E-state index >= 15 is 0 Å². The van der Waals surface area contributed by atoms with Gasteiger partial charge in [-0.2, -0.15) is 0 Å². The van der Waals surface area contributed by atoms with E-state index < -0.39 is 0 Å². The summed E-state index contributed by atoms with van der Waals surface area (Å²) in [6.07, 6.45) is 40.7. The SMILES string of the molecule is CCCCCCCCCCCCCCCC[N+](C)(C)C.CCCCCCCCCCCCCCCC[N+](C)(C)C.O.[Cl-].[Cl-]. The van der Waals surface area contributed by atoms with Gasteiger partial charge in [0.1, 0.15) is 0 Å². The molecule has 0 aliphatic rings. The van der Waals surface area contributed by atoms with E-state index in [2.05, 4.69) is 56.1 Å². The largest absolute Gasteiger partial charge is 1.00 e. The van der Waals surface area contributed by atoms with Crippen molar-refractivity contribution in [2.24, 2.45) is 0 Å². The molecule has 0 radical (unpaired) electrons. The van der Waals surface area contributed by atoms with Crippen LogP contribution in [0.15, 0.2) is 0 Å². The molecule has 0 fully saturated rings. The van der Waals surface area contributed by atoms with Gasteiger partial charge in [-0.05, 0) is 25.7 Å². The summed E-state index contributed by atoms with van der Waals surface area (Å²) in [7, 11) is 13.8. The molecular weight excluding hydrogens is 571 g/mol. The standard InChI is InChI=1S/2C19H42N.2ClH.H2O/c2*1-5-6-7-8-9-10-11-12-13-14-15-16-17-18-19-20(2,3)4;;;/h2*5-19H2,1-4H3;2*1H;1H2/q2*+1;;;/p-2. The highest BCUT2D eigenvalue weighted by Gasteiger charge is 2.06. The van der Waals surface area contributed by atoms with Crippen LogP contribution in [0, 0.1) is 0 Å². The highest BCUT2D eigenvalue weighted by atomic mass is 35.5. The molecule has 2 N–H and O–H groups in total. The summed E-state index contributed by atoms with van der Waals surface area (Å²) in [6.45, 7) is 7.25. The Labute approximate surface area is 287 Å². The summed E-state index contributed by atoms with van der Waals surface area (Å²) >= 11 is 0. The third-order valence-electron chi connectivity index (χ3n) is 8.36. The topological polar surface area (TPSA) is 31.5 Å². The van der Waals surface area contributed by atoms with Crippen LogP contribution in [0.5, 0.6) is 0 Å². The van der Waals surface area contributed by atoms with Crippen molar-refractivity contribution in [3.63, 3.8) is 0 Å². The van der Waals surface area contributed by atoms with Gasteiger partial charge in [-0.15, -0.1) is 0 Å². The summed E-state index contributed by atoms with van der Waals surface area (Å²) in [5.74, 6) is 0. The lowest BCUT2D eigenvalue weighted by Gasteiger charge is -2.23. The molecule has 0 aliphatic heterocycles. The molecule has 5 heteroatoms. The zero-order chi connectivity index (χ0) is 30.2. The molecule has 0 saturated heterocycles. The summed E-state index contributed by atoms with van der Waals surface area (Å²) in [4.78, 5) is 0. The number of nitrogens with zero attached hydrogens (tertiary/aromatic N) is 2. The first kappa shape index (κ1) is 53.0. The van der Waals surface area contributed by atoms with Gasteiger partial charge in [0.05, 0.1) is 55.4 Å². The lowest BCUT2D eigenvalue weighted by molar-refractivity contribution is -0.870. The lowest BCUT2D eigenvalue weighted by atomic mass is 10.0. The number of hydrogen-bond acceptors (Lipinski definition) is 0. The van der Waals surface area contributed by atoms with Crippen LogP contribution in [0.25, 0.3) is 0 Å². The fraction of sp³-hybridized carbons (Fsp3) is 1.00. The number of hydrogen-bond donors (Lipinski definition) is 0. The molecule has 0 aromatic carbocycles. The van der Waals surface area contributed by atoms with Crippen LogP contribution in [0.3, 0.4) is 0 Å². The maximum Gasteiger partial charge on any atom is 0.0780 e. The molecule has 0 unspecified atom stereocenters. The molecular formula is C38H86Cl2N2O. The highest BCUT2D eigenvalue weighted by Crippen LogP contribution is 2.14. The average molecular weight is 658 g/mol. The Hall–Kier alpha value is 0.460. The highest BCUT2D eigenvalue weighted by molar-refractivity contribution is 4.50. The zero-order valence-electron chi connectivity index (χ0n) is 31.4. The van der Waals surface area contributed by atoms with Gasteiger partial charge in [0, 0.05) is 0 Å². The van der Waals surface area contributed by atoms with E-state index in [0.717, 1.165) is 8.97 Å². The van der Waals surface area contributed by atoms with E-state index in [0.29, 0.717) is 0 Å². The van der Waals surface area contributed by atoms with Crippen LogP contribution < -0.4 is 24.8 Å². The zero-order valence-corrected chi connectivity index (χ0v) is 32.9. The molecule has 43 heavy (non-hydrogen) atoms. The van der Waals surface area contributed by atoms with Gasteiger partial charge in [-0.3, -0.25) is 0 Å². The maximum atomic E-state index is 2.29. The van der Waals surface area contributed by atoms with Crippen LogP contribution in [0.1, 0.15) is 194 Å². The molecule has 0 saturated carbocycles. The predicted octanol–water partition coefficient (Wildman–Crippen LogP) is 5.53. The van der Waals surface area contributed by atoms with Crippen molar-refractivity contribution in [3.8, 4) is 0 Å². The van der Waals surface area contributed by atoms with Gasteiger partial charge in [0.15, 0.2) is 0 Å². The molecule has 0 rings (SSSR count). The Morgan fingerprint density at radius 3 is 0.535 bits per heavy atom. The fourth-order valence-corrected chi connectivity index (χ4v) is 5.56. The van der Waals surface area contributed by atoms with Crippen molar-refractivity contribution in [1.29, 1.82) is 0 Å². The summed E-state index contributed by atoms with van der Waals surface area (Å²) in [5.41, 5.74) is 0. The van der Waals surface area contributed by atoms with Crippen molar-refractivity contribution in [1.82, 2.24) is 0 Å². The van der Waals surface area contributed by atoms with Crippen molar-refractivity contribution < 1.29 is 39.3 Å². The summed E-state index contributed by atoms with van der Waals surface area (Å²) in [5, 5.41) is 0. The quantitative estimate of drug-likeness (QED) is 0.0719. The number of unbranched alkanes of at least 4 members (excludes halogenated alkanes) is 26. The van der Waals surface area contributed by atoms with E-state index in [1.54, 1.807) is 0 Å². The third kappa shape index (κ3) is 58.5. The maximum absolute atomic E-state index is 2.29. The number of rotatable bonds is 30. The fourth-order valence-electron chi connectivity index (χ4n) is 5.56. The monoisotopic (exact) mass is 657 g/mol. The molecule has 0 aliphatic carbocycles. The summed E-state index contributed by atoms with van der Waals surface area (Å²) in [6, 6.07) is 0. The molecule has 0 spiro atoms. The van der Waals surface area contributed by atoms with Crippen molar-refractivity contribution >= 4 is 0 Å². The van der Waals surface area contributed by atoms with E-state index in [-0.39, 0.29) is 30.3 Å². The molecule has 0 heterocycles. The van der Waals surface area contributed by atoms with E-state index in [1.165, 1.54) is 193 Å². The minimum Gasteiger partial charge on any atom is -1.00 e. The lowest BCUT2D eigenvalue weighted by Crippen LogP contribution is -3.00. The van der Waals surface area contributed by atoms with Gasteiger partial charge >= 0.3 is 0 Å². The Kier molecular flexibility index (Phi) is 49.9. The van der Waals surface area contributed by atoms with E-state index in [1.807, 2.05) is 0 Å². The van der Waals surface area contributed by atoms with Gasteiger partial charge in [-0.1, -0.05) is 168 Å². The van der Waals surface area contributed by atoms with Crippen LogP contribution in [0.2, 0.25) is 0 Å². The average Bonchev–Trinajstić information content (AvgIpc) is 2.88. The smallest absolute Gasteiger partial charge is 0.0780 e. The van der Waals surface area contributed by atoms with Crippen molar-refractivity contribution in [2.45, 2.75) is 194 Å². The Morgan fingerprint density at radius 1 is 0.256 bits per heavy atom. The van der Waals surface area contributed by atoms with E-state index in [4.69, 9.17) is 0 Å². The van der Waals surface area contributed by atoms with Crippen molar-refractivity contribution in [3.05, 3.63) is 0 Å². The Balaban J connectivity index is -0.000000209. The van der Waals surface area contributed by atoms with Crippen LogP contribution in [-0.4, -0.2) is 69.8 Å². The predicted molar refractivity (Wildman–Crippen MR) is 190 cm³/mol. The second-order valence-electron chi connectivity index (χ2n) is 15.2. The second kappa shape index (κ2) is 40.5. The molecule has 0 atom stereocenters. The molecule has 0 aromatic rings. The van der Waals surface area contributed by atoms with Crippen LogP contribution in [-0.2, 0) is 0 Å².